The van der Waals surface area contributed by atoms with E-state index in [1.807, 2.05) is 0 Å². The number of nitro groups is 1. The number of alkyl halides is 3. The van der Waals surface area contributed by atoms with Crippen LogP contribution in [-0.2, 0) is 12.7 Å². The molecule has 0 bridgehead atoms. The summed E-state index contributed by atoms with van der Waals surface area (Å²) < 4.78 is 40.4. The number of benzene rings is 1. The number of hydrogen-bond acceptors (Lipinski definition) is 4. The highest BCUT2D eigenvalue weighted by Crippen LogP contribution is 2.46. The van der Waals surface area contributed by atoms with Crippen LogP contribution in [0.4, 0.5) is 18.9 Å². The van der Waals surface area contributed by atoms with Crippen LogP contribution in [0.1, 0.15) is 46.9 Å². The maximum absolute atomic E-state index is 13.0. The van der Waals surface area contributed by atoms with Crippen LogP contribution in [0.5, 0.6) is 0 Å². The lowest BCUT2D eigenvalue weighted by molar-refractivity contribution is -0.384. The van der Waals surface area contributed by atoms with Gasteiger partial charge >= 0.3 is 6.18 Å². The number of rotatable bonds is 7. The molecular formula is C17H16ClF3N4O3. The number of amides is 1. The monoisotopic (exact) mass is 416 g/mol. The lowest BCUT2D eigenvalue weighted by Crippen LogP contribution is -2.25. The van der Waals surface area contributed by atoms with Gasteiger partial charge in [0.25, 0.3) is 11.6 Å². The van der Waals surface area contributed by atoms with E-state index in [2.05, 4.69) is 10.4 Å². The summed E-state index contributed by atoms with van der Waals surface area (Å²) >= 11 is 5.91. The molecule has 1 fully saturated rings. The maximum Gasteiger partial charge on any atom is 0.436 e. The number of aromatic nitrogens is 2. The fourth-order valence-electron chi connectivity index (χ4n) is 2.82. The summed E-state index contributed by atoms with van der Waals surface area (Å²) in [5.41, 5.74) is -0.549. The van der Waals surface area contributed by atoms with Crippen LogP contribution in [-0.4, -0.2) is 27.2 Å². The number of nitrogens with zero attached hydrogens (tertiary/aromatic N) is 3. The normalized spacial score (nSPS) is 14.1. The van der Waals surface area contributed by atoms with Crippen molar-refractivity contribution in [1.29, 1.82) is 0 Å². The summed E-state index contributed by atoms with van der Waals surface area (Å²) in [6, 6.07) is 5.12. The highest BCUT2D eigenvalue weighted by molar-refractivity contribution is 6.32. The Balaban J connectivity index is 1.58. The second-order valence-electron chi connectivity index (χ2n) is 6.46. The molecule has 1 aromatic heterocycles. The molecule has 1 aliphatic rings. The number of nitrogens with one attached hydrogen (secondary N) is 1. The van der Waals surface area contributed by atoms with Crippen molar-refractivity contribution in [2.75, 3.05) is 6.54 Å². The number of halogens is 4. The van der Waals surface area contributed by atoms with Crippen LogP contribution in [0.15, 0.2) is 24.3 Å². The Labute approximate surface area is 162 Å². The van der Waals surface area contributed by atoms with Gasteiger partial charge in [0, 0.05) is 36.7 Å². The van der Waals surface area contributed by atoms with E-state index in [0.29, 0.717) is 12.1 Å². The van der Waals surface area contributed by atoms with E-state index in [-0.39, 0.29) is 35.3 Å². The van der Waals surface area contributed by atoms with Gasteiger partial charge in [0.15, 0.2) is 5.69 Å². The number of carbonyl (C=O) groups excluding carboxylic acids is 1. The molecule has 0 spiro atoms. The van der Waals surface area contributed by atoms with Gasteiger partial charge in [0.1, 0.15) is 0 Å². The minimum absolute atomic E-state index is 0.00852. The molecular weight excluding hydrogens is 401 g/mol. The topological polar surface area (TPSA) is 90.1 Å². The highest BCUT2D eigenvalue weighted by atomic mass is 35.5. The van der Waals surface area contributed by atoms with Crippen molar-refractivity contribution >= 4 is 23.2 Å². The Kier molecular flexibility index (Phi) is 5.59. The molecule has 1 heterocycles. The van der Waals surface area contributed by atoms with Crippen molar-refractivity contribution in [2.24, 2.45) is 0 Å². The minimum atomic E-state index is -4.61. The third kappa shape index (κ3) is 4.44. The molecule has 150 valence electrons. The van der Waals surface area contributed by atoms with E-state index in [1.165, 1.54) is 28.9 Å². The van der Waals surface area contributed by atoms with E-state index >= 15 is 0 Å². The van der Waals surface area contributed by atoms with Gasteiger partial charge in [-0.1, -0.05) is 11.6 Å². The molecule has 11 heteroatoms. The van der Waals surface area contributed by atoms with Crippen molar-refractivity contribution in [1.82, 2.24) is 15.1 Å². The summed E-state index contributed by atoms with van der Waals surface area (Å²) in [6.07, 6.45) is -2.71. The SMILES string of the molecule is O=C(NCCCn1nc(C(F)(F)F)c(Cl)c1C1CC1)c1ccc([N+](=O)[O-])cc1. The van der Waals surface area contributed by atoms with Gasteiger partial charge in [-0.2, -0.15) is 18.3 Å². The second kappa shape index (κ2) is 7.78. The van der Waals surface area contributed by atoms with E-state index in [9.17, 15) is 28.1 Å². The van der Waals surface area contributed by atoms with Gasteiger partial charge < -0.3 is 5.32 Å². The van der Waals surface area contributed by atoms with E-state index in [1.54, 1.807) is 0 Å². The first-order chi connectivity index (χ1) is 13.2. The lowest BCUT2D eigenvalue weighted by Gasteiger charge is -2.08. The van der Waals surface area contributed by atoms with Gasteiger partial charge in [0.05, 0.1) is 15.6 Å². The summed E-state index contributed by atoms with van der Waals surface area (Å²) in [5.74, 6) is -0.433. The van der Waals surface area contributed by atoms with Gasteiger partial charge in [0.2, 0.25) is 0 Å². The van der Waals surface area contributed by atoms with Crippen molar-refractivity contribution in [3.63, 3.8) is 0 Å². The minimum Gasteiger partial charge on any atom is -0.352 e. The summed E-state index contributed by atoms with van der Waals surface area (Å²) in [7, 11) is 0. The molecule has 1 aromatic carbocycles. The molecule has 0 unspecified atom stereocenters. The molecule has 2 aromatic rings. The van der Waals surface area contributed by atoms with Crippen molar-refractivity contribution in [3.8, 4) is 0 Å². The lowest BCUT2D eigenvalue weighted by atomic mass is 10.2. The molecule has 1 saturated carbocycles. The maximum atomic E-state index is 13.0. The highest BCUT2D eigenvalue weighted by Gasteiger charge is 2.41. The van der Waals surface area contributed by atoms with E-state index < -0.39 is 22.7 Å². The average Bonchev–Trinajstić information content (AvgIpc) is 3.41. The number of hydrogen-bond donors (Lipinski definition) is 1. The smallest absolute Gasteiger partial charge is 0.352 e. The third-order valence-corrected chi connectivity index (χ3v) is 4.71. The second-order valence-corrected chi connectivity index (χ2v) is 6.83. The number of carbonyl (C=O) groups is 1. The molecule has 0 atom stereocenters. The molecule has 28 heavy (non-hydrogen) atoms. The number of nitro benzene ring substituents is 1. The Morgan fingerprint density at radius 2 is 1.96 bits per heavy atom. The van der Waals surface area contributed by atoms with Gasteiger partial charge in [-0.15, -0.1) is 0 Å². The molecule has 0 radical (unpaired) electrons. The van der Waals surface area contributed by atoms with Crippen LogP contribution in [0.3, 0.4) is 0 Å². The Morgan fingerprint density at radius 1 is 1.32 bits per heavy atom. The predicted octanol–water partition coefficient (Wildman–Crippen LogP) is 4.16. The van der Waals surface area contributed by atoms with Gasteiger partial charge in [-0.25, -0.2) is 0 Å². The standard InChI is InChI=1S/C17H16ClF3N4O3/c18-13-14(10-2-3-10)24(23-15(13)17(19,20)21)9-1-8-22-16(26)11-4-6-12(7-5-11)25(27)28/h4-7,10H,1-3,8-9H2,(H,22,26). The van der Waals surface area contributed by atoms with Crippen LogP contribution >= 0.6 is 11.6 Å². The predicted molar refractivity (Wildman–Crippen MR) is 94.3 cm³/mol. The van der Waals surface area contributed by atoms with Gasteiger partial charge in [-0.05, 0) is 31.4 Å². The van der Waals surface area contributed by atoms with Crippen LogP contribution < -0.4 is 5.32 Å². The van der Waals surface area contributed by atoms with Gasteiger partial charge in [-0.3, -0.25) is 19.6 Å². The Morgan fingerprint density at radius 3 is 2.50 bits per heavy atom. The van der Waals surface area contributed by atoms with E-state index in [4.69, 9.17) is 11.6 Å². The Bertz CT molecular complexity index is 892. The average molecular weight is 417 g/mol. The zero-order valence-electron chi connectivity index (χ0n) is 14.5. The third-order valence-electron chi connectivity index (χ3n) is 4.34. The molecule has 3 rings (SSSR count). The molecule has 0 saturated heterocycles. The summed E-state index contributed by atoms with van der Waals surface area (Å²) in [5, 5.41) is 16.5. The first kappa shape index (κ1) is 20.1. The van der Waals surface area contributed by atoms with Crippen LogP contribution in [0.2, 0.25) is 5.02 Å². The number of non-ortho nitro benzene ring substituents is 1. The first-order valence-corrected chi connectivity index (χ1v) is 8.92. The number of aryl methyl sites for hydroxylation is 1. The fourth-order valence-corrected chi connectivity index (χ4v) is 3.22. The van der Waals surface area contributed by atoms with Crippen LogP contribution in [0, 0.1) is 10.1 Å². The largest absolute Gasteiger partial charge is 0.436 e. The molecule has 0 aliphatic heterocycles. The van der Waals surface area contributed by atoms with E-state index in [0.717, 1.165) is 12.8 Å². The van der Waals surface area contributed by atoms with Crippen molar-refractivity contribution in [3.05, 3.63) is 56.4 Å². The first-order valence-electron chi connectivity index (χ1n) is 8.54. The van der Waals surface area contributed by atoms with Crippen LogP contribution in [0.25, 0.3) is 0 Å². The fraction of sp³-hybridized carbons (Fsp3) is 0.412. The quantitative estimate of drug-likeness (QED) is 0.417. The van der Waals surface area contributed by atoms with Crippen molar-refractivity contribution in [2.45, 2.75) is 37.9 Å². The zero-order valence-corrected chi connectivity index (χ0v) is 15.3. The summed E-state index contributed by atoms with van der Waals surface area (Å²) in [4.78, 5) is 22.1. The molecule has 1 aliphatic carbocycles. The van der Waals surface area contributed by atoms with Crippen molar-refractivity contribution < 1.29 is 22.9 Å². The Hall–Kier alpha value is -2.62. The molecule has 1 amide bonds. The zero-order chi connectivity index (χ0) is 20.5. The molecule has 7 nitrogen and oxygen atoms in total. The molecule has 1 N–H and O–H groups in total. The summed E-state index contributed by atoms with van der Waals surface area (Å²) in [6.45, 7) is 0.390.